The Hall–Kier alpha value is -7.11. The third-order valence-corrected chi connectivity index (χ3v) is 10.2. The number of nitrogens with zero attached hydrogens (tertiary/aromatic N) is 4. The topological polar surface area (TPSA) is 56.7 Å². The number of hydrogen-bond donors (Lipinski definition) is 0. The van der Waals surface area contributed by atoms with Gasteiger partial charge in [0.25, 0.3) is 0 Å². The van der Waals surface area contributed by atoms with Crippen LogP contribution < -0.4 is 0 Å². The van der Waals surface area contributed by atoms with Crippen molar-refractivity contribution in [2.24, 2.45) is 0 Å². The van der Waals surface area contributed by atoms with E-state index >= 15 is 0 Å². The van der Waals surface area contributed by atoms with Crippen LogP contribution in [-0.4, -0.2) is 19.5 Å². The summed E-state index contributed by atoms with van der Waals surface area (Å²) >= 11 is 0. The fourth-order valence-electron chi connectivity index (χ4n) is 7.78. The van der Waals surface area contributed by atoms with Gasteiger partial charge in [0.15, 0.2) is 23.1 Å². The molecule has 11 rings (SSSR count). The van der Waals surface area contributed by atoms with Gasteiger partial charge in [0.05, 0.1) is 16.7 Å². The van der Waals surface area contributed by atoms with Crippen LogP contribution in [0.4, 0.5) is 0 Å². The zero-order valence-electron chi connectivity index (χ0n) is 27.9. The van der Waals surface area contributed by atoms with Crippen molar-refractivity contribution in [1.29, 1.82) is 0 Å². The second-order valence-electron chi connectivity index (χ2n) is 13.2. The molecule has 0 fully saturated rings. The van der Waals surface area contributed by atoms with E-state index in [1.54, 1.807) is 0 Å². The highest BCUT2D eigenvalue weighted by molar-refractivity contribution is 6.21. The third kappa shape index (κ3) is 4.39. The van der Waals surface area contributed by atoms with Crippen molar-refractivity contribution >= 4 is 65.3 Å². The average Bonchev–Trinajstić information content (AvgIpc) is 3.76. The molecule has 8 aromatic carbocycles. The van der Waals surface area contributed by atoms with E-state index in [9.17, 15) is 0 Å². The molecular weight excluding hydrogens is 637 g/mol. The summed E-state index contributed by atoms with van der Waals surface area (Å²) in [6.07, 6.45) is 0. The summed E-state index contributed by atoms with van der Waals surface area (Å²) in [5, 5.41) is 9.13. The van der Waals surface area contributed by atoms with Gasteiger partial charge in [-0.15, -0.1) is 0 Å². The van der Waals surface area contributed by atoms with E-state index < -0.39 is 0 Å². The number of fused-ring (bicyclic) bond motifs is 9. The van der Waals surface area contributed by atoms with Crippen LogP contribution in [0.2, 0.25) is 0 Å². The van der Waals surface area contributed by atoms with Gasteiger partial charge in [0.2, 0.25) is 0 Å². The highest BCUT2D eigenvalue weighted by Gasteiger charge is 2.22. The minimum absolute atomic E-state index is 0.594. The Morgan fingerprint density at radius 1 is 0.385 bits per heavy atom. The van der Waals surface area contributed by atoms with Gasteiger partial charge in [0, 0.05) is 38.2 Å². The molecule has 0 aliphatic heterocycles. The van der Waals surface area contributed by atoms with Crippen molar-refractivity contribution in [3.05, 3.63) is 170 Å². The molecule has 0 unspecified atom stereocenters. The van der Waals surface area contributed by atoms with Crippen LogP contribution in [0, 0.1) is 0 Å². The molecule has 0 bridgehead atoms. The normalized spacial score (nSPS) is 11.8. The maximum absolute atomic E-state index is 6.90. The van der Waals surface area contributed by atoms with E-state index in [4.69, 9.17) is 19.4 Å². The molecule has 5 heteroatoms. The molecule has 0 radical (unpaired) electrons. The molecule has 0 aliphatic carbocycles. The molecule has 242 valence electrons. The first-order valence-electron chi connectivity index (χ1n) is 17.4. The smallest absolute Gasteiger partial charge is 0.164 e. The maximum Gasteiger partial charge on any atom is 0.164 e. The van der Waals surface area contributed by atoms with Crippen LogP contribution in [0.5, 0.6) is 0 Å². The monoisotopic (exact) mass is 664 g/mol. The maximum atomic E-state index is 6.90. The molecule has 0 aliphatic rings. The van der Waals surface area contributed by atoms with E-state index in [-0.39, 0.29) is 0 Å². The Balaban J connectivity index is 1.29. The van der Waals surface area contributed by atoms with Crippen molar-refractivity contribution in [2.45, 2.75) is 0 Å². The molecule has 0 amide bonds. The second kappa shape index (κ2) is 11.2. The molecule has 52 heavy (non-hydrogen) atoms. The summed E-state index contributed by atoms with van der Waals surface area (Å²) in [5.41, 5.74) is 7.52. The Bertz CT molecular complexity index is 3120. The van der Waals surface area contributed by atoms with E-state index in [0.717, 1.165) is 66.1 Å². The number of para-hydroxylation sites is 1. The van der Waals surface area contributed by atoms with Crippen LogP contribution >= 0.6 is 0 Å². The van der Waals surface area contributed by atoms with Crippen molar-refractivity contribution in [3.63, 3.8) is 0 Å². The Morgan fingerprint density at radius 2 is 0.962 bits per heavy atom. The van der Waals surface area contributed by atoms with Crippen molar-refractivity contribution < 1.29 is 4.42 Å². The summed E-state index contributed by atoms with van der Waals surface area (Å²) in [7, 11) is 0. The molecule has 0 spiro atoms. The van der Waals surface area contributed by atoms with Gasteiger partial charge in [-0.25, -0.2) is 15.0 Å². The number of hydrogen-bond acceptors (Lipinski definition) is 4. The molecule has 11 aromatic rings. The summed E-state index contributed by atoms with van der Waals surface area (Å²) in [6.45, 7) is 0. The second-order valence-corrected chi connectivity index (χ2v) is 13.2. The minimum Gasteiger partial charge on any atom is -0.454 e. The summed E-state index contributed by atoms with van der Waals surface area (Å²) in [6, 6.07) is 59.1. The van der Waals surface area contributed by atoms with Gasteiger partial charge in [-0.2, -0.15) is 0 Å². The Morgan fingerprint density at radius 3 is 1.67 bits per heavy atom. The summed E-state index contributed by atoms with van der Waals surface area (Å²) in [5.74, 6) is 1.84. The Labute approximate surface area is 298 Å². The zero-order chi connectivity index (χ0) is 34.2. The highest BCUT2D eigenvalue weighted by atomic mass is 16.3. The van der Waals surface area contributed by atoms with E-state index in [0.29, 0.717) is 17.5 Å². The SMILES string of the molecule is c1ccc(-c2nc(-c3ccccc3)nc(-c3cc(-n4c5ccccc5c5cc6ccccc6cc54)c4oc5ccc6ccccc6c5c4c3)n2)cc1. The van der Waals surface area contributed by atoms with Gasteiger partial charge in [-0.05, 0) is 57.9 Å². The number of rotatable bonds is 4. The molecule has 3 heterocycles. The van der Waals surface area contributed by atoms with E-state index in [2.05, 4.69) is 114 Å². The first-order chi connectivity index (χ1) is 25.8. The Kier molecular flexibility index (Phi) is 6.18. The standard InChI is InChI=1S/C47H28N4O/c1-3-14-30(15-4-1)45-48-46(31-16-5-2-6-17-31)50-47(49-45)34-26-38-43-35-20-10-9-13-29(35)23-24-42(43)52-44(38)41(28-34)51-39-22-12-11-21-36(39)37-25-32-18-7-8-19-33(32)27-40(37)51/h1-28H. The zero-order valence-corrected chi connectivity index (χ0v) is 27.9. The number of aromatic nitrogens is 4. The first-order valence-corrected chi connectivity index (χ1v) is 17.4. The average molecular weight is 665 g/mol. The van der Waals surface area contributed by atoms with Gasteiger partial charge >= 0.3 is 0 Å². The van der Waals surface area contributed by atoms with Gasteiger partial charge < -0.3 is 8.98 Å². The van der Waals surface area contributed by atoms with Crippen LogP contribution in [0.3, 0.4) is 0 Å². The van der Waals surface area contributed by atoms with E-state index in [1.165, 1.54) is 21.5 Å². The van der Waals surface area contributed by atoms with Crippen molar-refractivity contribution in [2.75, 3.05) is 0 Å². The summed E-state index contributed by atoms with van der Waals surface area (Å²) < 4.78 is 9.26. The molecular formula is C47H28N4O. The lowest BCUT2D eigenvalue weighted by molar-refractivity contribution is 0.666. The number of benzene rings is 8. The molecule has 0 saturated heterocycles. The predicted octanol–water partition coefficient (Wildman–Crippen LogP) is 12.2. The largest absolute Gasteiger partial charge is 0.454 e. The van der Waals surface area contributed by atoms with Gasteiger partial charge in [0.1, 0.15) is 5.58 Å². The third-order valence-electron chi connectivity index (χ3n) is 10.2. The lowest BCUT2D eigenvalue weighted by atomic mass is 10.0. The van der Waals surface area contributed by atoms with Crippen molar-refractivity contribution in [3.8, 4) is 39.9 Å². The number of furan rings is 1. The first kappa shape index (κ1) is 28.7. The molecule has 0 atom stereocenters. The quantitative estimate of drug-likeness (QED) is 0.188. The van der Waals surface area contributed by atoms with Gasteiger partial charge in [-0.3, -0.25) is 0 Å². The van der Waals surface area contributed by atoms with Crippen molar-refractivity contribution in [1.82, 2.24) is 19.5 Å². The highest BCUT2D eigenvalue weighted by Crippen LogP contribution is 2.43. The van der Waals surface area contributed by atoms with Crippen LogP contribution in [-0.2, 0) is 0 Å². The fraction of sp³-hybridized carbons (Fsp3) is 0. The van der Waals surface area contributed by atoms with Crippen LogP contribution in [0.15, 0.2) is 174 Å². The van der Waals surface area contributed by atoms with Crippen LogP contribution in [0.25, 0.3) is 105 Å². The van der Waals surface area contributed by atoms with Crippen LogP contribution in [0.1, 0.15) is 0 Å². The molecule has 0 saturated carbocycles. The fourth-order valence-corrected chi connectivity index (χ4v) is 7.78. The summed E-state index contributed by atoms with van der Waals surface area (Å²) in [4.78, 5) is 15.3. The molecule has 5 nitrogen and oxygen atoms in total. The molecule has 0 N–H and O–H groups in total. The van der Waals surface area contributed by atoms with Gasteiger partial charge in [-0.1, -0.05) is 133 Å². The lowest BCUT2D eigenvalue weighted by Crippen LogP contribution is -2.01. The lowest BCUT2D eigenvalue weighted by Gasteiger charge is -2.13. The predicted molar refractivity (Wildman–Crippen MR) is 213 cm³/mol. The minimum atomic E-state index is 0.594. The van der Waals surface area contributed by atoms with E-state index in [1.807, 2.05) is 60.7 Å². The molecule has 3 aromatic heterocycles.